The van der Waals surface area contributed by atoms with Crippen molar-refractivity contribution in [3.05, 3.63) is 41.7 Å². The van der Waals surface area contributed by atoms with E-state index in [1.165, 1.54) is 6.07 Å². The Labute approximate surface area is 96.8 Å². The van der Waals surface area contributed by atoms with Gasteiger partial charge in [0.05, 0.1) is 12.2 Å². The van der Waals surface area contributed by atoms with Gasteiger partial charge in [-0.2, -0.15) is 5.10 Å². The van der Waals surface area contributed by atoms with Crippen LogP contribution in [0.1, 0.15) is 17.7 Å². The zero-order valence-corrected chi connectivity index (χ0v) is 8.95. The van der Waals surface area contributed by atoms with E-state index in [4.69, 9.17) is 5.73 Å². The Hall–Kier alpha value is -2.11. The second-order valence-corrected chi connectivity index (χ2v) is 3.58. The summed E-state index contributed by atoms with van der Waals surface area (Å²) in [6.45, 7) is 0.406. The summed E-state index contributed by atoms with van der Waals surface area (Å²) in [5, 5.41) is 9.43. The average Bonchev–Trinajstić information content (AvgIpc) is 2.80. The summed E-state index contributed by atoms with van der Waals surface area (Å²) >= 11 is 0. The maximum atomic E-state index is 12.8. The summed E-state index contributed by atoms with van der Waals surface area (Å²) in [6.07, 6.45) is -0.948. The first kappa shape index (κ1) is 11.4. The minimum absolute atomic E-state index is 0.0930. The molecule has 90 valence electrons. The van der Waals surface area contributed by atoms with Gasteiger partial charge in [0.15, 0.2) is 0 Å². The van der Waals surface area contributed by atoms with Gasteiger partial charge in [0.25, 0.3) is 6.43 Å². The topological polar surface area (TPSA) is 66.7 Å². The Morgan fingerprint density at radius 3 is 2.82 bits per heavy atom. The van der Waals surface area contributed by atoms with Gasteiger partial charge in [0.1, 0.15) is 0 Å². The number of hydrogen-bond acceptors (Lipinski definition) is 3. The van der Waals surface area contributed by atoms with Gasteiger partial charge >= 0.3 is 0 Å². The Bertz CT molecular complexity index is 482. The lowest BCUT2D eigenvalue weighted by atomic mass is 10.1. The Kier molecular flexibility index (Phi) is 3.22. The lowest BCUT2D eigenvalue weighted by Crippen LogP contribution is -2.04. The van der Waals surface area contributed by atoms with Crippen LogP contribution >= 0.6 is 0 Å². The van der Waals surface area contributed by atoms with Crippen LogP contribution < -0.4 is 11.1 Å². The zero-order chi connectivity index (χ0) is 12.3. The van der Waals surface area contributed by atoms with Crippen LogP contribution in [0.3, 0.4) is 0 Å². The quantitative estimate of drug-likeness (QED) is 0.717. The van der Waals surface area contributed by atoms with Crippen molar-refractivity contribution in [1.82, 2.24) is 10.2 Å². The SMILES string of the molecule is Nc1ccc(NCc2ccn[nH]2)c(C(F)F)c1. The first-order chi connectivity index (χ1) is 8.16. The molecule has 6 heteroatoms. The summed E-state index contributed by atoms with van der Waals surface area (Å²) in [4.78, 5) is 0. The fourth-order valence-electron chi connectivity index (χ4n) is 1.50. The standard InChI is InChI=1S/C11H12F2N4/c12-11(13)9-5-7(14)1-2-10(9)15-6-8-3-4-16-17-8/h1-5,11,15H,6,14H2,(H,16,17). The third-order valence-electron chi connectivity index (χ3n) is 2.34. The molecule has 0 aliphatic carbocycles. The molecule has 0 spiro atoms. The molecule has 1 aromatic heterocycles. The van der Waals surface area contributed by atoms with E-state index >= 15 is 0 Å². The third-order valence-corrected chi connectivity index (χ3v) is 2.34. The van der Waals surface area contributed by atoms with Crippen molar-refractivity contribution in [2.45, 2.75) is 13.0 Å². The molecule has 2 aromatic rings. The van der Waals surface area contributed by atoms with Gasteiger partial charge in [-0.1, -0.05) is 0 Å². The van der Waals surface area contributed by atoms with Gasteiger partial charge in [0.2, 0.25) is 0 Å². The molecule has 17 heavy (non-hydrogen) atoms. The van der Waals surface area contributed by atoms with E-state index in [1.807, 2.05) is 0 Å². The fraction of sp³-hybridized carbons (Fsp3) is 0.182. The summed E-state index contributed by atoms with van der Waals surface area (Å²) in [6, 6.07) is 6.18. The highest BCUT2D eigenvalue weighted by Crippen LogP contribution is 2.29. The monoisotopic (exact) mass is 238 g/mol. The second-order valence-electron chi connectivity index (χ2n) is 3.58. The first-order valence-corrected chi connectivity index (χ1v) is 5.06. The van der Waals surface area contributed by atoms with E-state index in [-0.39, 0.29) is 5.56 Å². The highest BCUT2D eigenvalue weighted by Gasteiger charge is 2.13. The molecule has 0 bridgehead atoms. The van der Waals surface area contributed by atoms with Crippen molar-refractivity contribution in [3.8, 4) is 0 Å². The minimum Gasteiger partial charge on any atom is -0.399 e. The molecule has 2 rings (SSSR count). The van der Waals surface area contributed by atoms with Crippen LogP contribution in [-0.4, -0.2) is 10.2 Å². The fourth-order valence-corrected chi connectivity index (χ4v) is 1.50. The number of nitrogens with one attached hydrogen (secondary N) is 2. The summed E-state index contributed by atoms with van der Waals surface area (Å²) < 4.78 is 25.5. The van der Waals surface area contributed by atoms with Crippen LogP contribution in [-0.2, 0) is 6.54 Å². The van der Waals surface area contributed by atoms with Crippen molar-refractivity contribution in [2.75, 3.05) is 11.1 Å². The molecule has 0 atom stereocenters. The number of halogens is 2. The van der Waals surface area contributed by atoms with Crippen molar-refractivity contribution < 1.29 is 8.78 Å². The number of nitrogens with two attached hydrogens (primary N) is 1. The van der Waals surface area contributed by atoms with Crippen molar-refractivity contribution in [1.29, 1.82) is 0 Å². The highest BCUT2D eigenvalue weighted by molar-refractivity contribution is 5.58. The van der Waals surface area contributed by atoms with Crippen molar-refractivity contribution >= 4 is 11.4 Å². The lowest BCUT2D eigenvalue weighted by Gasteiger charge is -2.11. The number of aromatic amines is 1. The van der Waals surface area contributed by atoms with E-state index in [0.29, 0.717) is 17.9 Å². The van der Waals surface area contributed by atoms with Crippen LogP contribution in [0.2, 0.25) is 0 Å². The predicted molar refractivity (Wildman–Crippen MR) is 61.7 cm³/mol. The highest BCUT2D eigenvalue weighted by atomic mass is 19.3. The maximum absolute atomic E-state index is 12.8. The van der Waals surface area contributed by atoms with Gasteiger partial charge in [0, 0.05) is 23.1 Å². The second kappa shape index (κ2) is 4.82. The molecule has 4 N–H and O–H groups in total. The van der Waals surface area contributed by atoms with Crippen LogP contribution in [0.25, 0.3) is 0 Å². The number of anilines is 2. The number of hydrogen-bond donors (Lipinski definition) is 3. The van der Waals surface area contributed by atoms with E-state index in [1.54, 1.807) is 24.4 Å². The summed E-state index contributed by atoms with van der Waals surface area (Å²) in [5.41, 5.74) is 6.91. The van der Waals surface area contributed by atoms with Gasteiger partial charge in [-0.3, -0.25) is 5.10 Å². The molecule has 4 nitrogen and oxygen atoms in total. The van der Waals surface area contributed by atoms with Gasteiger partial charge < -0.3 is 11.1 Å². The molecule has 0 fully saturated rings. The molecule has 1 aromatic carbocycles. The van der Waals surface area contributed by atoms with E-state index in [0.717, 1.165) is 5.69 Å². The number of nitrogen functional groups attached to an aromatic ring is 1. The van der Waals surface area contributed by atoms with Crippen LogP contribution in [0.15, 0.2) is 30.5 Å². The van der Waals surface area contributed by atoms with Gasteiger partial charge in [-0.05, 0) is 24.3 Å². The van der Waals surface area contributed by atoms with Gasteiger partial charge in [-0.15, -0.1) is 0 Å². The largest absolute Gasteiger partial charge is 0.399 e. The number of alkyl halides is 2. The molecule has 0 saturated heterocycles. The molecule has 0 aliphatic rings. The van der Waals surface area contributed by atoms with E-state index < -0.39 is 6.43 Å². The van der Waals surface area contributed by atoms with E-state index in [2.05, 4.69) is 15.5 Å². The first-order valence-electron chi connectivity index (χ1n) is 5.06. The Morgan fingerprint density at radius 2 is 2.18 bits per heavy atom. The summed E-state index contributed by atoms with van der Waals surface area (Å²) in [7, 11) is 0. The number of rotatable bonds is 4. The van der Waals surface area contributed by atoms with Crippen LogP contribution in [0.5, 0.6) is 0 Å². The lowest BCUT2D eigenvalue weighted by molar-refractivity contribution is 0.152. The molecule has 0 saturated carbocycles. The number of H-pyrrole nitrogens is 1. The van der Waals surface area contributed by atoms with Gasteiger partial charge in [-0.25, -0.2) is 8.78 Å². The zero-order valence-electron chi connectivity index (χ0n) is 8.95. The molecule has 0 radical (unpaired) electrons. The molecule has 1 heterocycles. The molecule has 0 aliphatic heterocycles. The third kappa shape index (κ3) is 2.72. The molecular weight excluding hydrogens is 226 g/mol. The molecule has 0 unspecified atom stereocenters. The summed E-state index contributed by atoms with van der Waals surface area (Å²) in [5.74, 6) is 0. The number of aromatic nitrogens is 2. The van der Waals surface area contributed by atoms with Crippen LogP contribution in [0.4, 0.5) is 20.2 Å². The number of nitrogens with zero attached hydrogens (tertiary/aromatic N) is 1. The molecular formula is C11H12F2N4. The number of benzene rings is 1. The Morgan fingerprint density at radius 1 is 1.35 bits per heavy atom. The van der Waals surface area contributed by atoms with Crippen molar-refractivity contribution in [2.24, 2.45) is 0 Å². The maximum Gasteiger partial charge on any atom is 0.265 e. The predicted octanol–water partition coefficient (Wildman–Crippen LogP) is 2.54. The Balaban J connectivity index is 2.14. The van der Waals surface area contributed by atoms with E-state index in [9.17, 15) is 8.78 Å². The van der Waals surface area contributed by atoms with Crippen molar-refractivity contribution in [3.63, 3.8) is 0 Å². The smallest absolute Gasteiger partial charge is 0.265 e. The normalized spacial score (nSPS) is 10.8. The van der Waals surface area contributed by atoms with Crippen LogP contribution in [0, 0.1) is 0 Å². The minimum atomic E-state index is -2.55. The molecule has 0 amide bonds. The average molecular weight is 238 g/mol.